The van der Waals surface area contributed by atoms with E-state index in [4.69, 9.17) is 16.3 Å². The van der Waals surface area contributed by atoms with E-state index in [1.807, 2.05) is 56.3 Å². The quantitative estimate of drug-likeness (QED) is 0.182. The first-order valence-electron chi connectivity index (χ1n) is 14.7. The average Bonchev–Trinajstić information content (AvgIpc) is 3.05. The van der Waals surface area contributed by atoms with E-state index in [0.29, 0.717) is 17.3 Å². The van der Waals surface area contributed by atoms with Crippen molar-refractivity contribution in [2.45, 2.75) is 37.8 Å². The number of ether oxygens (including phenoxy) is 1. The predicted octanol–water partition coefficient (Wildman–Crippen LogP) is 5.96. The summed E-state index contributed by atoms with van der Waals surface area (Å²) in [7, 11) is -2.63. The molecule has 4 rings (SSSR count). The van der Waals surface area contributed by atoms with Crippen LogP contribution in [0, 0.1) is 5.92 Å². The molecule has 236 valence electrons. The van der Waals surface area contributed by atoms with Crippen molar-refractivity contribution < 1.29 is 22.7 Å². The fourth-order valence-corrected chi connectivity index (χ4v) is 6.36. The lowest BCUT2D eigenvalue weighted by Gasteiger charge is -2.34. The van der Waals surface area contributed by atoms with Crippen LogP contribution in [-0.2, 0) is 32.6 Å². The van der Waals surface area contributed by atoms with Gasteiger partial charge in [-0.3, -0.25) is 13.9 Å². The second-order valence-electron chi connectivity index (χ2n) is 11.0. The first-order chi connectivity index (χ1) is 21.6. The number of sulfonamides is 1. The molecule has 0 aliphatic carbocycles. The van der Waals surface area contributed by atoms with Crippen LogP contribution in [0.1, 0.15) is 25.0 Å². The highest BCUT2D eigenvalue weighted by Crippen LogP contribution is 2.26. The van der Waals surface area contributed by atoms with Gasteiger partial charge in [0.15, 0.2) is 0 Å². The van der Waals surface area contributed by atoms with Gasteiger partial charge in [0.25, 0.3) is 10.0 Å². The summed E-state index contributed by atoms with van der Waals surface area (Å²) < 4.78 is 34.5. The molecule has 0 aliphatic heterocycles. The lowest BCUT2D eigenvalue weighted by Crippen LogP contribution is -2.53. The number of hydrogen-bond acceptors (Lipinski definition) is 5. The van der Waals surface area contributed by atoms with Crippen molar-refractivity contribution in [1.29, 1.82) is 0 Å². The molecular formula is C35H38ClN3O5S. The molecule has 0 aliphatic rings. The van der Waals surface area contributed by atoms with Crippen LogP contribution in [0.5, 0.6) is 5.75 Å². The van der Waals surface area contributed by atoms with Crippen molar-refractivity contribution >= 4 is 39.1 Å². The summed E-state index contributed by atoms with van der Waals surface area (Å²) in [6.07, 6.45) is 0.229. The molecule has 8 nitrogen and oxygen atoms in total. The molecule has 1 N–H and O–H groups in total. The van der Waals surface area contributed by atoms with Gasteiger partial charge in [-0.15, -0.1) is 0 Å². The number of carbonyl (C=O) groups is 2. The second kappa shape index (κ2) is 15.6. The number of rotatable bonds is 14. The van der Waals surface area contributed by atoms with E-state index in [2.05, 4.69) is 5.32 Å². The van der Waals surface area contributed by atoms with Gasteiger partial charge in [0.05, 0.1) is 17.7 Å². The highest BCUT2D eigenvalue weighted by atomic mass is 35.5. The molecule has 1 unspecified atom stereocenters. The van der Waals surface area contributed by atoms with Crippen LogP contribution in [0.3, 0.4) is 0 Å². The van der Waals surface area contributed by atoms with Crippen LogP contribution in [-0.4, -0.2) is 51.4 Å². The molecule has 1 atom stereocenters. The molecule has 0 fully saturated rings. The number of carbonyl (C=O) groups excluding carboxylic acids is 2. The predicted molar refractivity (Wildman–Crippen MR) is 178 cm³/mol. The molecule has 0 saturated heterocycles. The Morgan fingerprint density at radius 1 is 0.844 bits per heavy atom. The van der Waals surface area contributed by atoms with E-state index < -0.39 is 28.5 Å². The van der Waals surface area contributed by atoms with Crippen molar-refractivity contribution in [3.05, 3.63) is 125 Å². The summed E-state index contributed by atoms with van der Waals surface area (Å²) >= 11 is 6.13. The van der Waals surface area contributed by atoms with Crippen LogP contribution in [0.2, 0.25) is 5.02 Å². The molecular weight excluding hydrogens is 610 g/mol. The Hall–Kier alpha value is -4.34. The monoisotopic (exact) mass is 647 g/mol. The Morgan fingerprint density at radius 2 is 1.47 bits per heavy atom. The Bertz CT molecular complexity index is 1670. The molecule has 0 radical (unpaired) electrons. The van der Waals surface area contributed by atoms with E-state index in [9.17, 15) is 18.0 Å². The lowest BCUT2D eigenvalue weighted by atomic mass is 10.0. The van der Waals surface area contributed by atoms with E-state index in [-0.39, 0.29) is 35.4 Å². The molecule has 10 heteroatoms. The topological polar surface area (TPSA) is 96.0 Å². The minimum absolute atomic E-state index is 0.0302. The minimum Gasteiger partial charge on any atom is -0.497 e. The molecule has 45 heavy (non-hydrogen) atoms. The summed E-state index contributed by atoms with van der Waals surface area (Å²) in [6, 6.07) is 29.9. The van der Waals surface area contributed by atoms with Crippen LogP contribution >= 0.6 is 11.6 Å². The van der Waals surface area contributed by atoms with Gasteiger partial charge in [0.1, 0.15) is 18.3 Å². The summed E-state index contributed by atoms with van der Waals surface area (Å²) in [5.74, 6) is -0.0934. The summed E-state index contributed by atoms with van der Waals surface area (Å²) in [4.78, 5) is 29.8. The molecule has 0 saturated carbocycles. The standard InChI is InChI=1S/C35H38ClN3O5S/c1-26(2)23-37-35(41)33(22-27-11-6-4-7-12-27)38(24-28-13-10-14-31(21-28)44-3)34(40)25-39(30-19-17-29(36)18-20-30)45(42,43)32-15-8-5-9-16-32/h4-21,26,33H,22-25H2,1-3H3,(H,37,41). The highest BCUT2D eigenvalue weighted by molar-refractivity contribution is 7.92. The molecule has 0 spiro atoms. The zero-order chi connectivity index (χ0) is 32.4. The van der Waals surface area contributed by atoms with Gasteiger partial charge in [0, 0.05) is 24.5 Å². The second-order valence-corrected chi connectivity index (χ2v) is 13.3. The maximum Gasteiger partial charge on any atom is 0.264 e. The van der Waals surface area contributed by atoms with Crippen LogP contribution in [0.4, 0.5) is 5.69 Å². The molecule has 0 heterocycles. The van der Waals surface area contributed by atoms with E-state index in [1.165, 1.54) is 17.0 Å². The molecule has 0 bridgehead atoms. The van der Waals surface area contributed by atoms with Crippen LogP contribution in [0.15, 0.2) is 114 Å². The fraction of sp³-hybridized carbons (Fsp3) is 0.257. The van der Waals surface area contributed by atoms with Gasteiger partial charge in [-0.1, -0.05) is 86.1 Å². The smallest absolute Gasteiger partial charge is 0.264 e. The third-order valence-corrected chi connectivity index (χ3v) is 9.21. The largest absolute Gasteiger partial charge is 0.497 e. The minimum atomic E-state index is -4.18. The van der Waals surface area contributed by atoms with E-state index >= 15 is 0 Å². The summed E-state index contributed by atoms with van der Waals surface area (Å²) in [5.41, 5.74) is 1.85. The summed E-state index contributed by atoms with van der Waals surface area (Å²) in [5, 5.41) is 3.41. The fourth-order valence-electron chi connectivity index (χ4n) is 4.80. The number of methoxy groups -OCH3 is 1. The average molecular weight is 648 g/mol. The summed E-state index contributed by atoms with van der Waals surface area (Å²) in [6.45, 7) is 3.90. The SMILES string of the molecule is COc1cccc(CN(C(=O)CN(c2ccc(Cl)cc2)S(=O)(=O)c2ccccc2)C(Cc2ccccc2)C(=O)NCC(C)C)c1. The Labute approximate surface area is 270 Å². The Morgan fingerprint density at radius 3 is 2.09 bits per heavy atom. The first-order valence-corrected chi connectivity index (χ1v) is 16.5. The molecule has 2 amide bonds. The Kier molecular flexibility index (Phi) is 11.6. The van der Waals surface area contributed by atoms with Crippen molar-refractivity contribution in [3.8, 4) is 5.75 Å². The molecule has 0 aromatic heterocycles. The zero-order valence-corrected chi connectivity index (χ0v) is 27.2. The van der Waals surface area contributed by atoms with E-state index in [0.717, 1.165) is 15.4 Å². The van der Waals surface area contributed by atoms with Gasteiger partial charge in [-0.05, 0) is 65.6 Å². The molecule has 4 aromatic carbocycles. The molecule has 4 aromatic rings. The number of amides is 2. The number of anilines is 1. The van der Waals surface area contributed by atoms with Crippen molar-refractivity contribution in [2.24, 2.45) is 5.92 Å². The number of hydrogen-bond donors (Lipinski definition) is 1. The van der Waals surface area contributed by atoms with Gasteiger partial charge in [-0.25, -0.2) is 8.42 Å². The highest BCUT2D eigenvalue weighted by Gasteiger charge is 2.34. The van der Waals surface area contributed by atoms with Gasteiger partial charge < -0.3 is 15.0 Å². The lowest BCUT2D eigenvalue weighted by molar-refractivity contribution is -0.140. The van der Waals surface area contributed by atoms with Crippen molar-refractivity contribution in [2.75, 3.05) is 24.5 Å². The van der Waals surface area contributed by atoms with Crippen molar-refractivity contribution in [1.82, 2.24) is 10.2 Å². The zero-order valence-electron chi connectivity index (χ0n) is 25.6. The van der Waals surface area contributed by atoms with E-state index in [1.54, 1.807) is 61.7 Å². The Balaban J connectivity index is 1.80. The third kappa shape index (κ3) is 9.09. The van der Waals surface area contributed by atoms with Crippen LogP contribution in [0.25, 0.3) is 0 Å². The first kappa shape index (κ1) is 33.6. The van der Waals surface area contributed by atoms with Gasteiger partial charge in [-0.2, -0.15) is 0 Å². The van der Waals surface area contributed by atoms with Gasteiger partial charge >= 0.3 is 0 Å². The number of nitrogens with zero attached hydrogens (tertiary/aromatic N) is 2. The maximum absolute atomic E-state index is 14.5. The number of benzene rings is 4. The van der Waals surface area contributed by atoms with Gasteiger partial charge in [0.2, 0.25) is 11.8 Å². The van der Waals surface area contributed by atoms with Crippen molar-refractivity contribution in [3.63, 3.8) is 0 Å². The maximum atomic E-state index is 14.5. The van der Waals surface area contributed by atoms with Crippen LogP contribution < -0.4 is 14.4 Å². The normalized spacial score (nSPS) is 11.9. The number of halogens is 1. The third-order valence-electron chi connectivity index (χ3n) is 7.17. The number of nitrogens with one attached hydrogen (secondary N) is 1.